The summed E-state index contributed by atoms with van der Waals surface area (Å²) in [6.07, 6.45) is 8.59. The van der Waals surface area contributed by atoms with Crippen LogP contribution in [0.5, 0.6) is 0 Å². The van der Waals surface area contributed by atoms with E-state index in [1.54, 1.807) is 0 Å². The zero-order chi connectivity index (χ0) is 15.2. The molecule has 3 fully saturated rings. The highest BCUT2D eigenvalue weighted by atomic mass is 16.2. The minimum Gasteiger partial charge on any atom is -0.353 e. The second-order valence-electron chi connectivity index (χ2n) is 8.81. The number of carbonyl (C=O) groups excluding carboxylic acids is 1. The molecule has 6 unspecified atom stereocenters. The molecule has 0 radical (unpaired) electrons. The molecule has 0 aromatic rings. The molecule has 120 valence electrons. The van der Waals surface area contributed by atoms with Gasteiger partial charge in [0.15, 0.2) is 0 Å². The lowest BCUT2D eigenvalue weighted by atomic mass is 9.69. The summed E-state index contributed by atoms with van der Waals surface area (Å²) in [5.74, 6) is 2.12. The number of amides is 1. The zero-order valence-corrected chi connectivity index (χ0v) is 13.9. The van der Waals surface area contributed by atoms with Crippen LogP contribution in [-0.2, 0) is 4.79 Å². The molecular formula is C18H32N2O. The van der Waals surface area contributed by atoms with E-state index in [1.807, 2.05) is 0 Å². The third kappa shape index (κ3) is 2.86. The van der Waals surface area contributed by atoms with Crippen molar-refractivity contribution in [2.75, 3.05) is 0 Å². The zero-order valence-electron chi connectivity index (χ0n) is 13.9. The molecule has 3 aliphatic rings. The number of fused-ring (bicyclic) bond motifs is 2. The molecule has 6 atom stereocenters. The van der Waals surface area contributed by atoms with Crippen molar-refractivity contribution in [3.05, 3.63) is 0 Å². The highest BCUT2D eigenvalue weighted by Gasteiger charge is 2.49. The van der Waals surface area contributed by atoms with E-state index < -0.39 is 0 Å². The van der Waals surface area contributed by atoms with E-state index in [0.29, 0.717) is 23.8 Å². The molecule has 0 aromatic carbocycles. The van der Waals surface area contributed by atoms with Crippen molar-refractivity contribution in [2.45, 2.75) is 77.8 Å². The van der Waals surface area contributed by atoms with Gasteiger partial charge in [-0.2, -0.15) is 0 Å². The topological polar surface area (TPSA) is 55.1 Å². The van der Waals surface area contributed by atoms with Gasteiger partial charge in [0, 0.05) is 12.1 Å². The smallest absolute Gasteiger partial charge is 0.225 e. The minimum atomic E-state index is 0.0892. The molecular weight excluding hydrogens is 260 g/mol. The molecule has 3 aliphatic carbocycles. The first-order chi connectivity index (χ1) is 9.88. The normalized spacial score (nSPS) is 43.0. The first-order valence-electron chi connectivity index (χ1n) is 8.94. The van der Waals surface area contributed by atoms with E-state index in [1.165, 1.54) is 38.5 Å². The van der Waals surface area contributed by atoms with Gasteiger partial charge in [-0.05, 0) is 55.3 Å². The standard InChI is InChI=1S/C18H32N2O/c1-18(2,3)13-6-4-5-7-14(13)20-17(21)15-11-8-9-12(10-11)16(15)19/h11-16H,4-10,19H2,1-3H3,(H,20,21). The molecule has 21 heavy (non-hydrogen) atoms. The van der Waals surface area contributed by atoms with Crippen molar-refractivity contribution < 1.29 is 4.79 Å². The largest absolute Gasteiger partial charge is 0.353 e. The SMILES string of the molecule is CC(C)(C)C1CCCCC1NC(=O)C1C2CCC(C2)C1N. The Labute approximate surface area is 129 Å². The van der Waals surface area contributed by atoms with E-state index >= 15 is 0 Å². The molecule has 3 rings (SSSR count). The molecule has 3 N–H and O–H groups in total. The average molecular weight is 292 g/mol. The lowest BCUT2D eigenvalue weighted by molar-refractivity contribution is -0.128. The quantitative estimate of drug-likeness (QED) is 0.822. The summed E-state index contributed by atoms with van der Waals surface area (Å²) in [6.45, 7) is 6.93. The summed E-state index contributed by atoms with van der Waals surface area (Å²) in [4.78, 5) is 12.8. The Morgan fingerprint density at radius 2 is 1.71 bits per heavy atom. The van der Waals surface area contributed by atoms with Crippen LogP contribution in [0.15, 0.2) is 0 Å². The number of carbonyl (C=O) groups is 1. The van der Waals surface area contributed by atoms with Crippen molar-refractivity contribution in [3.8, 4) is 0 Å². The van der Waals surface area contributed by atoms with Crippen LogP contribution in [0, 0.1) is 29.1 Å². The Balaban J connectivity index is 1.66. The van der Waals surface area contributed by atoms with Gasteiger partial charge in [-0.25, -0.2) is 0 Å². The summed E-state index contributed by atoms with van der Waals surface area (Å²) in [6, 6.07) is 0.470. The first-order valence-corrected chi connectivity index (χ1v) is 8.94. The van der Waals surface area contributed by atoms with E-state index in [0.717, 1.165) is 6.42 Å². The lowest BCUT2D eigenvalue weighted by Gasteiger charge is -2.41. The Morgan fingerprint density at radius 1 is 1.05 bits per heavy atom. The van der Waals surface area contributed by atoms with Gasteiger partial charge in [0.1, 0.15) is 0 Å². The summed E-state index contributed by atoms with van der Waals surface area (Å²) in [7, 11) is 0. The maximum Gasteiger partial charge on any atom is 0.225 e. The van der Waals surface area contributed by atoms with Crippen LogP contribution in [0.4, 0.5) is 0 Å². The molecule has 0 saturated heterocycles. The predicted octanol–water partition coefficient (Wildman–Crippen LogP) is 3.08. The highest BCUT2D eigenvalue weighted by Crippen LogP contribution is 2.48. The summed E-state index contributed by atoms with van der Waals surface area (Å²) in [5, 5.41) is 3.41. The fourth-order valence-corrected chi connectivity index (χ4v) is 5.34. The maximum absolute atomic E-state index is 12.8. The van der Waals surface area contributed by atoms with Crippen molar-refractivity contribution in [1.29, 1.82) is 0 Å². The molecule has 0 aromatic heterocycles. The molecule has 0 aliphatic heterocycles. The first kappa shape index (κ1) is 15.3. The van der Waals surface area contributed by atoms with Crippen LogP contribution >= 0.6 is 0 Å². The fourth-order valence-electron chi connectivity index (χ4n) is 5.34. The van der Waals surface area contributed by atoms with Crippen LogP contribution in [0.25, 0.3) is 0 Å². The summed E-state index contributed by atoms with van der Waals surface area (Å²) in [5.41, 5.74) is 6.60. The maximum atomic E-state index is 12.8. The number of nitrogens with one attached hydrogen (secondary N) is 1. The third-order valence-electron chi connectivity index (χ3n) is 6.49. The number of hydrogen-bond donors (Lipinski definition) is 2. The third-order valence-corrected chi connectivity index (χ3v) is 6.49. The van der Waals surface area contributed by atoms with E-state index in [4.69, 9.17) is 5.73 Å². The van der Waals surface area contributed by atoms with Crippen LogP contribution in [0.1, 0.15) is 65.7 Å². The number of nitrogens with two attached hydrogens (primary N) is 1. The molecule has 3 heteroatoms. The second kappa shape index (κ2) is 5.57. The van der Waals surface area contributed by atoms with Gasteiger partial charge in [0.2, 0.25) is 5.91 Å². The highest BCUT2D eigenvalue weighted by molar-refractivity contribution is 5.80. The van der Waals surface area contributed by atoms with Crippen molar-refractivity contribution in [2.24, 2.45) is 34.8 Å². The Bertz CT molecular complexity index is 399. The molecule has 0 spiro atoms. The predicted molar refractivity (Wildman–Crippen MR) is 85.6 cm³/mol. The average Bonchev–Trinajstić information content (AvgIpc) is 2.98. The van der Waals surface area contributed by atoms with Gasteiger partial charge in [-0.3, -0.25) is 4.79 Å². The fraction of sp³-hybridized carbons (Fsp3) is 0.944. The molecule has 3 saturated carbocycles. The molecule has 0 heterocycles. The van der Waals surface area contributed by atoms with Crippen LogP contribution in [0.3, 0.4) is 0 Å². The van der Waals surface area contributed by atoms with Crippen molar-refractivity contribution >= 4 is 5.91 Å². The Hall–Kier alpha value is -0.570. The van der Waals surface area contributed by atoms with Crippen LogP contribution < -0.4 is 11.1 Å². The van der Waals surface area contributed by atoms with Gasteiger partial charge in [0.05, 0.1) is 5.92 Å². The van der Waals surface area contributed by atoms with Crippen molar-refractivity contribution in [1.82, 2.24) is 5.32 Å². The van der Waals surface area contributed by atoms with Gasteiger partial charge in [0.25, 0.3) is 0 Å². The van der Waals surface area contributed by atoms with E-state index in [-0.39, 0.29) is 23.3 Å². The second-order valence-corrected chi connectivity index (χ2v) is 8.81. The molecule has 1 amide bonds. The minimum absolute atomic E-state index is 0.0892. The van der Waals surface area contributed by atoms with Gasteiger partial charge < -0.3 is 11.1 Å². The van der Waals surface area contributed by atoms with E-state index in [9.17, 15) is 4.79 Å². The Morgan fingerprint density at radius 3 is 2.33 bits per heavy atom. The lowest BCUT2D eigenvalue weighted by Crippen LogP contribution is -2.52. The molecule has 2 bridgehead atoms. The van der Waals surface area contributed by atoms with E-state index in [2.05, 4.69) is 26.1 Å². The number of hydrogen-bond acceptors (Lipinski definition) is 2. The summed E-state index contributed by atoms with van der Waals surface area (Å²) < 4.78 is 0. The van der Waals surface area contributed by atoms with Gasteiger partial charge >= 0.3 is 0 Å². The molecule has 3 nitrogen and oxygen atoms in total. The number of rotatable bonds is 2. The van der Waals surface area contributed by atoms with Gasteiger partial charge in [-0.15, -0.1) is 0 Å². The van der Waals surface area contributed by atoms with Crippen molar-refractivity contribution in [3.63, 3.8) is 0 Å². The van der Waals surface area contributed by atoms with Gasteiger partial charge in [-0.1, -0.05) is 33.6 Å². The van der Waals surface area contributed by atoms with Crippen LogP contribution in [0.2, 0.25) is 0 Å². The van der Waals surface area contributed by atoms with Crippen LogP contribution in [-0.4, -0.2) is 18.0 Å². The summed E-state index contributed by atoms with van der Waals surface area (Å²) >= 11 is 0. The Kier molecular flexibility index (Phi) is 4.06. The monoisotopic (exact) mass is 292 g/mol.